The second-order valence-electron chi connectivity index (χ2n) is 3.64. The number of anilines is 2. The van der Waals surface area contributed by atoms with Gasteiger partial charge in [-0.2, -0.15) is 0 Å². The van der Waals surface area contributed by atoms with E-state index in [2.05, 4.69) is 10.3 Å². The molecule has 1 aromatic heterocycles. The van der Waals surface area contributed by atoms with Gasteiger partial charge in [0.05, 0.1) is 11.4 Å². The van der Waals surface area contributed by atoms with Crippen molar-refractivity contribution in [2.45, 2.75) is 6.04 Å². The van der Waals surface area contributed by atoms with E-state index < -0.39 is 23.6 Å². The van der Waals surface area contributed by atoms with Crippen LogP contribution < -0.4 is 11.1 Å². The van der Waals surface area contributed by atoms with Gasteiger partial charge in [-0.1, -0.05) is 0 Å². The Morgan fingerprint density at radius 2 is 2.21 bits per heavy atom. The summed E-state index contributed by atoms with van der Waals surface area (Å²) in [4.78, 5) is 14.6. The van der Waals surface area contributed by atoms with Crippen molar-refractivity contribution in [3.63, 3.8) is 0 Å². The van der Waals surface area contributed by atoms with E-state index >= 15 is 0 Å². The van der Waals surface area contributed by atoms with E-state index in [0.29, 0.717) is 0 Å². The molecular formula is C11H9F2N3O2S. The van der Waals surface area contributed by atoms with Crippen LogP contribution >= 0.6 is 11.3 Å². The van der Waals surface area contributed by atoms with Crippen molar-refractivity contribution in [2.75, 3.05) is 5.32 Å². The lowest BCUT2D eigenvalue weighted by Gasteiger charge is -2.04. The lowest BCUT2D eigenvalue weighted by atomic mass is 10.2. The number of rotatable bonds is 4. The normalized spacial score (nSPS) is 12.2. The van der Waals surface area contributed by atoms with E-state index in [1.54, 1.807) is 0 Å². The van der Waals surface area contributed by atoms with Gasteiger partial charge in [-0.3, -0.25) is 4.79 Å². The van der Waals surface area contributed by atoms with E-state index in [9.17, 15) is 13.6 Å². The van der Waals surface area contributed by atoms with Gasteiger partial charge in [0.2, 0.25) is 0 Å². The van der Waals surface area contributed by atoms with Crippen LogP contribution in [-0.4, -0.2) is 16.1 Å². The zero-order valence-electron chi connectivity index (χ0n) is 9.43. The monoisotopic (exact) mass is 285 g/mol. The van der Waals surface area contributed by atoms with Gasteiger partial charge in [0.25, 0.3) is 0 Å². The highest BCUT2D eigenvalue weighted by atomic mass is 32.1. The Kier molecular flexibility index (Phi) is 3.72. The van der Waals surface area contributed by atoms with E-state index in [-0.39, 0.29) is 16.5 Å². The Labute approximate surface area is 110 Å². The fraction of sp³-hybridized carbons (Fsp3) is 0.0909. The Morgan fingerprint density at radius 3 is 2.89 bits per heavy atom. The molecule has 0 aliphatic heterocycles. The van der Waals surface area contributed by atoms with Gasteiger partial charge in [0, 0.05) is 11.4 Å². The summed E-state index contributed by atoms with van der Waals surface area (Å²) in [5.74, 6) is -2.45. The molecule has 0 saturated carbocycles. The molecule has 0 amide bonds. The molecule has 0 aliphatic carbocycles. The Bertz CT molecular complexity index is 618. The van der Waals surface area contributed by atoms with Crippen LogP contribution in [0.1, 0.15) is 11.7 Å². The summed E-state index contributed by atoms with van der Waals surface area (Å²) >= 11 is 1.05. The lowest BCUT2D eigenvalue weighted by Crippen LogP contribution is -2.20. The number of hydrogen-bond donors (Lipinski definition) is 3. The van der Waals surface area contributed by atoms with Crippen LogP contribution in [0.4, 0.5) is 19.6 Å². The van der Waals surface area contributed by atoms with E-state index in [0.717, 1.165) is 29.5 Å². The fourth-order valence-electron chi connectivity index (χ4n) is 1.32. The van der Waals surface area contributed by atoms with Crippen LogP contribution in [0.3, 0.4) is 0 Å². The van der Waals surface area contributed by atoms with Crippen molar-refractivity contribution < 1.29 is 18.7 Å². The largest absolute Gasteiger partial charge is 0.480 e. The summed E-state index contributed by atoms with van der Waals surface area (Å²) in [6.45, 7) is 0. The minimum absolute atomic E-state index is 0.0789. The number of halogens is 2. The molecule has 1 aromatic carbocycles. The third-order valence-electron chi connectivity index (χ3n) is 2.28. The summed E-state index contributed by atoms with van der Waals surface area (Å²) in [5.41, 5.74) is 5.45. The van der Waals surface area contributed by atoms with Crippen LogP contribution in [0.25, 0.3) is 0 Å². The number of aromatic nitrogens is 1. The second kappa shape index (κ2) is 5.29. The van der Waals surface area contributed by atoms with Gasteiger partial charge >= 0.3 is 5.97 Å². The van der Waals surface area contributed by atoms with Gasteiger partial charge in [0.15, 0.2) is 5.13 Å². The predicted octanol–water partition coefficient (Wildman–Crippen LogP) is 2.25. The third kappa shape index (κ3) is 3.04. The molecule has 0 saturated heterocycles. The number of hydrogen-bond acceptors (Lipinski definition) is 5. The molecule has 1 atom stereocenters. The van der Waals surface area contributed by atoms with Crippen molar-refractivity contribution in [2.24, 2.45) is 5.73 Å². The first-order valence-corrected chi connectivity index (χ1v) is 6.01. The molecule has 19 heavy (non-hydrogen) atoms. The number of benzene rings is 1. The number of carboxylic acid groups (broad SMARTS) is 1. The minimum Gasteiger partial charge on any atom is -0.480 e. The molecule has 0 aliphatic rings. The molecule has 100 valence electrons. The average Bonchev–Trinajstić information content (AvgIpc) is 2.81. The summed E-state index contributed by atoms with van der Waals surface area (Å²) in [5, 5.41) is 13.0. The number of carbonyl (C=O) groups is 1. The number of nitrogens with one attached hydrogen (secondary N) is 1. The van der Waals surface area contributed by atoms with Gasteiger partial charge in [0.1, 0.15) is 17.7 Å². The number of thiazole rings is 1. The third-order valence-corrected chi connectivity index (χ3v) is 3.05. The average molecular weight is 285 g/mol. The molecule has 1 heterocycles. The number of carboxylic acids is 1. The maximum absolute atomic E-state index is 13.4. The second-order valence-corrected chi connectivity index (χ2v) is 4.50. The van der Waals surface area contributed by atoms with E-state index in [1.165, 1.54) is 5.38 Å². The summed E-state index contributed by atoms with van der Waals surface area (Å²) < 4.78 is 26.3. The van der Waals surface area contributed by atoms with Crippen LogP contribution in [-0.2, 0) is 4.79 Å². The smallest absolute Gasteiger partial charge is 0.326 e. The molecule has 4 N–H and O–H groups in total. The topological polar surface area (TPSA) is 88.2 Å². The van der Waals surface area contributed by atoms with Gasteiger partial charge in [-0.05, 0) is 12.1 Å². The molecule has 8 heteroatoms. The first-order valence-electron chi connectivity index (χ1n) is 5.13. The van der Waals surface area contributed by atoms with Crippen LogP contribution in [0.5, 0.6) is 0 Å². The Morgan fingerprint density at radius 1 is 1.47 bits per heavy atom. The first-order chi connectivity index (χ1) is 8.97. The highest BCUT2D eigenvalue weighted by Gasteiger charge is 2.18. The molecule has 5 nitrogen and oxygen atoms in total. The first kappa shape index (κ1) is 13.4. The summed E-state index contributed by atoms with van der Waals surface area (Å²) in [6.07, 6.45) is 0. The fourth-order valence-corrected chi connectivity index (χ4v) is 2.08. The van der Waals surface area contributed by atoms with Crippen molar-refractivity contribution >= 4 is 28.1 Å². The number of aliphatic carboxylic acids is 1. The highest BCUT2D eigenvalue weighted by Crippen LogP contribution is 2.25. The molecule has 0 spiro atoms. The van der Waals surface area contributed by atoms with Crippen molar-refractivity contribution in [3.8, 4) is 0 Å². The minimum atomic E-state index is -1.25. The SMILES string of the molecule is NC(C(=O)O)c1csc(Nc2cc(F)ccc2F)n1. The molecule has 0 bridgehead atoms. The van der Waals surface area contributed by atoms with Gasteiger partial charge < -0.3 is 16.2 Å². The van der Waals surface area contributed by atoms with Crippen LogP contribution in [0.15, 0.2) is 23.6 Å². The molecule has 0 fully saturated rings. The predicted molar refractivity (Wildman–Crippen MR) is 66.3 cm³/mol. The number of nitrogens with two attached hydrogens (primary N) is 1. The molecule has 1 unspecified atom stereocenters. The molecule has 2 rings (SSSR count). The van der Waals surface area contributed by atoms with Crippen molar-refractivity contribution in [1.82, 2.24) is 4.98 Å². The van der Waals surface area contributed by atoms with Gasteiger partial charge in [-0.25, -0.2) is 13.8 Å². The zero-order valence-corrected chi connectivity index (χ0v) is 10.2. The van der Waals surface area contributed by atoms with E-state index in [4.69, 9.17) is 10.8 Å². The van der Waals surface area contributed by atoms with Crippen molar-refractivity contribution in [3.05, 3.63) is 40.9 Å². The molecule has 2 aromatic rings. The van der Waals surface area contributed by atoms with Crippen molar-refractivity contribution in [1.29, 1.82) is 0 Å². The number of nitrogens with zero attached hydrogens (tertiary/aromatic N) is 1. The standard InChI is InChI=1S/C11H9F2N3O2S/c12-5-1-2-6(13)7(3-5)15-11-16-8(4-19-11)9(14)10(17)18/h1-4,9H,14H2,(H,15,16)(H,17,18). The molecular weight excluding hydrogens is 276 g/mol. The maximum atomic E-state index is 13.4. The zero-order chi connectivity index (χ0) is 14.0. The highest BCUT2D eigenvalue weighted by molar-refractivity contribution is 7.13. The maximum Gasteiger partial charge on any atom is 0.326 e. The quantitative estimate of drug-likeness (QED) is 0.802. The summed E-state index contributed by atoms with van der Waals surface area (Å²) in [7, 11) is 0. The lowest BCUT2D eigenvalue weighted by molar-refractivity contribution is -0.138. The van der Waals surface area contributed by atoms with Crippen LogP contribution in [0.2, 0.25) is 0 Å². The Hall–Kier alpha value is -2.06. The molecule has 0 radical (unpaired) electrons. The Balaban J connectivity index is 2.20. The van der Waals surface area contributed by atoms with Crippen LogP contribution in [0, 0.1) is 11.6 Å². The summed E-state index contributed by atoms with van der Waals surface area (Å²) in [6, 6.07) is 1.71. The van der Waals surface area contributed by atoms with E-state index in [1.807, 2.05) is 0 Å². The van der Waals surface area contributed by atoms with Gasteiger partial charge in [-0.15, -0.1) is 11.3 Å².